The molecule has 1 rings (SSSR count). The zero-order valence-corrected chi connectivity index (χ0v) is 6.70. The summed E-state index contributed by atoms with van der Waals surface area (Å²) in [6.07, 6.45) is 1.68. The van der Waals surface area contributed by atoms with E-state index < -0.39 is 0 Å². The monoisotopic (exact) mass is 228 g/mol. The first-order valence-corrected chi connectivity index (χ1v) is 2.16. The molecule has 3 N–H and O–H groups in total. The maximum atomic E-state index is 5.02. The Bertz CT molecular complexity index is 83.4. The maximum absolute atomic E-state index is 5.02. The van der Waals surface area contributed by atoms with Gasteiger partial charge in [0.2, 0.25) is 0 Å². The van der Waals surface area contributed by atoms with Crippen molar-refractivity contribution in [3.63, 3.8) is 0 Å². The molecule has 0 aromatic rings. The van der Waals surface area contributed by atoms with E-state index in [-0.39, 0.29) is 24.0 Å². The summed E-state index contributed by atoms with van der Waals surface area (Å²) in [5.41, 5.74) is 2.45. The molecule has 0 radical (unpaired) electrons. The molecule has 0 aromatic carbocycles. The number of hydrogen-bond acceptors (Lipinski definition) is 4. The lowest BCUT2D eigenvalue weighted by Gasteiger charge is -2.08. The minimum absolute atomic E-state index is 0. The third-order valence-electron chi connectivity index (χ3n) is 0.857. The highest BCUT2D eigenvalue weighted by atomic mass is 127. The highest BCUT2D eigenvalue weighted by molar-refractivity contribution is 14.0. The lowest BCUT2D eigenvalue weighted by atomic mass is 10.7. The summed E-state index contributed by atoms with van der Waals surface area (Å²) in [6, 6.07) is 0. The molecule has 0 fully saturated rings. The number of hydrazine groups is 2. The SMILES string of the molecule is I.NNN1C=NCC1. The number of hydrogen-bond donors (Lipinski definition) is 2. The van der Waals surface area contributed by atoms with Crippen molar-refractivity contribution in [3.05, 3.63) is 0 Å². The van der Waals surface area contributed by atoms with Crippen molar-refractivity contribution in [3.8, 4) is 0 Å². The average Bonchev–Trinajstić information content (AvgIpc) is 2.14. The van der Waals surface area contributed by atoms with Crippen LogP contribution in [0.25, 0.3) is 0 Å². The Labute approximate surface area is 65.1 Å². The van der Waals surface area contributed by atoms with E-state index in [2.05, 4.69) is 10.5 Å². The van der Waals surface area contributed by atoms with Crippen LogP contribution < -0.4 is 11.4 Å². The molecule has 4 nitrogen and oxygen atoms in total. The van der Waals surface area contributed by atoms with Crippen LogP contribution in [0.15, 0.2) is 4.99 Å². The molecule has 8 heavy (non-hydrogen) atoms. The molecule has 0 saturated carbocycles. The summed E-state index contributed by atoms with van der Waals surface area (Å²) >= 11 is 0. The summed E-state index contributed by atoms with van der Waals surface area (Å²) in [5.74, 6) is 5.02. The molecule has 1 aliphatic rings. The lowest BCUT2D eigenvalue weighted by Crippen LogP contribution is -2.40. The van der Waals surface area contributed by atoms with Crippen LogP contribution in [-0.2, 0) is 0 Å². The number of rotatable bonds is 1. The first kappa shape index (κ1) is 8.12. The molecular formula is C3H9IN4. The van der Waals surface area contributed by atoms with Gasteiger partial charge in [0, 0.05) is 0 Å². The fraction of sp³-hybridized carbons (Fsp3) is 0.667. The summed E-state index contributed by atoms with van der Waals surface area (Å²) in [7, 11) is 0. The molecule has 0 saturated heterocycles. The summed E-state index contributed by atoms with van der Waals surface area (Å²) in [6.45, 7) is 1.74. The predicted octanol–water partition coefficient (Wildman–Crippen LogP) is -0.673. The van der Waals surface area contributed by atoms with Crippen LogP contribution in [0.4, 0.5) is 0 Å². The second-order valence-electron chi connectivity index (χ2n) is 1.34. The summed E-state index contributed by atoms with van der Waals surface area (Å²) in [5, 5.41) is 1.72. The van der Waals surface area contributed by atoms with Crippen LogP contribution in [0, 0.1) is 0 Å². The van der Waals surface area contributed by atoms with Gasteiger partial charge in [-0.2, -0.15) is 5.53 Å². The second kappa shape index (κ2) is 4.04. The van der Waals surface area contributed by atoms with Gasteiger partial charge in [0.1, 0.15) is 6.34 Å². The van der Waals surface area contributed by atoms with E-state index in [4.69, 9.17) is 5.84 Å². The normalized spacial score (nSPS) is 16.4. The van der Waals surface area contributed by atoms with Crippen molar-refractivity contribution in [1.29, 1.82) is 0 Å². The highest BCUT2D eigenvalue weighted by Crippen LogP contribution is 1.83. The van der Waals surface area contributed by atoms with E-state index in [1.807, 2.05) is 0 Å². The summed E-state index contributed by atoms with van der Waals surface area (Å²) < 4.78 is 0. The van der Waals surface area contributed by atoms with Crippen molar-refractivity contribution in [2.45, 2.75) is 0 Å². The number of aliphatic imine (C=N–C) groups is 1. The topological polar surface area (TPSA) is 53.6 Å². The molecule has 0 spiro atoms. The molecule has 1 heterocycles. The van der Waals surface area contributed by atoms with Gasteiger partial charge in [-0.25, -0.2) is 0 Å². The average molecular weight is 228 g/mol. The molecule has 48 valence electrons. The number of nitrogens with zero attached hydrogens (tertiary/aromatic N) is 2. The number of nitrogens with one attached hydrogen (secondary N) is 1. The van der Waals surface area contributed by atoms with Crippen LogP contribution in [0.2, 0.25) is 0 Å². The minimum Gasteiger partial charge on any atom is -0.283 e. The van der Waals surface area contributed by atoms with Gasteiger partial charge in [-0.1, -0.05) is 0 Å². The predicted molar refractivity (Wildman–Crippen MR) is 42.8 cm³/mol. The summed E-state index contributed by atoms with van der Waals surface area (Å²) in [4.78, 5) is 3.89. The van der Waals surface area contributed by atoms with Gasteiger partial charge in [0.05, 0.1) is 13.1 Å². The van der Waals surface area contributed by atoms with Crippen LogP contribution in [0.3, 0.4) is 0 Å². The van der Waals surface area contributed by atoms with Crippen molar-refractivity contribution < 1.29 is 0 Å². The first-order valence-electron chi connectivity index (χ1n) is 2.16. The molecule has 0 aliphatic carbocycles. The van der Waals surface area contributed by atoms with E-state index in [0.29, 0.717) is 0 Å². The Kier molecular flexibility index (Phi) is 4.11. The van der Waals surface area contributed by atoms with Crippen LogP contribution in [-0.4, -0.2) is 24.4 Å². The Morgan fingerprint density at radius 3 is 2.75 bits per heavy atom. The quantitative estimate of drug-likeness (QED) is 0.355. The molecule has 0 amide bonds. The zero-order chi connectivity index (χ0) is 5.11. The van der Waals surface area contributed by atoms with Crippen LogP contribution in [0.1, 0.15) is 0 Å². The number of halogens is 1. The molecule has 0 bridgehead atoms. The lowest BCUT2D eigenvalue weighted by molar-refractivity contribution is 0.351. The molecule has 1 aliphatic heterocycles. The third kappa shape index (κ3) is 1.93. The smallest absolute Gasteiger partial charge is 0.100 e. The Morgan fingerprint density at radius 2 is 2.50 bits per heavy atom. The molecule has 0 aromatic heterocycles. The third-order valence-corrected chi connectivity index (χ3v) is 0.857. The standard InChI is InChI=1S/C3H8N4.HI/c4-6-7-2-1-5-3-7;/h3,6H,1-2,4H2;1H. The van der Waals surface area contributed by atoms with Crippen molar-refractivity contribution in [2.75, 3.05) is 13.1 Å². The van der Waals surface area contributed by atoms with Gasteiger partial charge in [0.25, 0.3) is 0 Å². The minimum atomic E-state index is 0. The maximum Gasteiger partial charge on any atom is 0.100 e. The molecular weight excluding hydrogens is 219 g/mol. The van der Waals surface area contributed by atoms with E-state index in [1.165, 1.54) is 0 Å². The largest absolute Gasteiger partial charge is 0.283 e. The Balaban J connectivity index is 0.000000490. The van der Waals surface area contributed by atoms with E-state index in [1.54, 1.807) is 11.3 Å². The highest BCUT2D eigenvalue weighted by Gasteiger charge is 1.99. The van der Waals surface area contributed by atoms with Crippen molar-refractivity contribution >= 4 is 30.3 Å². The van der Waals surface area contributed by atoms with E-state index in [0.717, 1.165) is 13.1 Å². The van der Waals surface area contributed by atoms with Gasteiger partial charge in [-0.3, -0.25) is 15.8 Å². The number of nitrogens with two attached hydrogens (primary N) is 1. The van der Waals surface area contributed by atoms with E-state index >= 15 is 0 Å². The van der Waals surface area contributed by atoms with Gasteiger partial charge in [-0.15, -0.1) is 24.0 Å². The van der Waals surface area contributed by atoms with Crippen molar-refractivity contribution in [1.82, 2.24) is 10.5 Å². The fourth-order valence-electron chi connectivity index (χ4n) is 0.477. The van der Waals surface area contributed by atoms with Crippen LogP contribution in [0.5, 0.6) is 0 Å². The first-order chi connectivity index (χ1) is 3.43. The molecule has 0 atom stereocenters. The van der Waals surface area contributed by atoms with Gasteiger partial charge >= 0.3 is 0 Å². The molecule has 0 unspecified atom stereocenters. The Morgan fingerprint density at radius 1 is 1.75 bits per heavy atom. The van der Waals surface area contributed by atoms with Gasteiger partial charge in [0.15, 0.2) is 0 Å². The Hall–Kier alpha value is 0.120. The van der Waals surface area contributed by atoms with Crippen molar-refractivity contribution in [2.24, 2.45) is 10.8 Å². The van der Waals surface area contributed by atoms with Crippen LogP contribution >= 0.6 is 24.0 Å². The van der Waals surface area contributed by atoms with Gasteiger partial charge < -0.3 is 0 Å². The van der Waals surface area contributed by atoms with E-state index in [9.17, 15) is 0 Å². The fourth-order valence-corrected chi connectivity index (χ4v) is 0.477. The zero-order valence-electron chi connectivity index (χ0n) is 4.37. The molecule has 5 heteroatoms. The van der Waals surface area contributed by atoms with Gasteiger partial charge in [-0.05, 0) is 0 Å². The second-order valence-corrected chi connectivity index (χ2v) is 1.34.